The molecule has 255 valence electrons. The molecule has 0 unspecified atom stereocenters. The van der Waals surface area contributed by atoms with E-state index in [0.29, 0.717) is 5.71 Å². The number of nitrogens with zero attached hydrogens (tertiary/aromatic N) is 4. The Bertz CT molecular complexity index is 2680. The van der Waals surface area contributed by atoms with Gasteiger partial charge < -0.3 is 14.4 Å². The average molecular weight is 851 g/mol. The van der Waals surface area contributed by atoms with Crippen LogP contribution in [0.2, 0.25) is 0 Å². The van der Waals surface area contributed by atoms with Crippen molar-refractivity contribution in [3.63, 3.8) is 0 Å². The second kappa shape index (κ2) is 14.8. The van der Waals surface area contributed by atoms with Gasteiger partial charge >= 0.3 is 0 Å². The van der Waals surface area contributed by atoms with Crippen molar-refractivity contribution in [1.82, 2.24) is 19.9 Å². The molecule has 0 atom stereocenters. The number of fused-ring (bicyclic) bond motifs is 4. The van der Waals surface area contributed by atoms with Gasteiger partial charge in [-0.05, 0) is 90.8 Å². The molecule has 5 heterocycles. The zero-order valence-electron chi connectivity index (χ0n) is 29.2. The molecule has 0 aliphatic carbocycles. The molecule has 9 aromatic rings. The maximum atomic E-state index is 6.14. The number of furan rings is 1. The molecule has 9 rings (SSSR count). The molecule has 0 amide bonds. The van der Waals surface area contributed by atoms with Crippen LogP contribution < -0.4 is 0 Å². The molecule has 0 fully saturated rings. The molecule has 0 saturated carbocycles. The Kier molecular flexibility index (Phi) is 9.86. The first-order valence-corrected chi connectivity index (χ1v) is 17.0. The molecule has 0 aliphatic rings. The zero-order valence-corrected chi connectivity index (χ0v) is 31.6. The van der Waals surface area contributed by atoms with Gasteiger partial charge in [0.05, 0.1) is 11.1 Å². The van der Waals surface area contributed by atoms with E-state index in [0.717, 1.165) is 72.3 Å². The van der Waals surface area contributed by atoms with Crippen molar-refractivity contribution in [2.45, 2.75) is 27.7 Å². The van der Waals surface area contributed by atoms with Gasteiger partial charge in [0.1, 0.15) is 0 Å². The molecule has 0 aliphatic heterocycles. The normalized spacial score (nSPS) is 10.9. The minimum Gasteiger partial charge on any atom is -0.486 e. The third-order valence-electron chi connectivity index (χ3n) is 9.05. The Morgan fingerprint density at radius 2 is 1.42 bits per heavy atom. The van der Waals surface area contributed by atoms with E-state index in [1.165, 1.54) is 22.3 Å². The van der Waals surface area contributed by atoms with Crippen LogP contribution in [0, 0.1) is 39.8 Å². The van der Waals surface area contributed by atoms with E-state index in [9.17, 15) is 0 Å². The molecule has 5 aromatic heterocycles. The van der Waals surface area contributed by atoms with Crippen molar-refractivity contribution in [1.29, 1.82) is 0 Å². The topological polar surface area (TPSA) is 64.7 Å². The van der Waals surface area contributed by atoms with E-state index in [1.807, 2.05) is 81.7 Å². The molecule has 4 aromatic carbocycles. The van der Waals surface area contributed by atoms with Crippen LogP contribution in [0.15, 0.2) is 138 Å². The van der Waals surface area contributed by atoms with E-state index in [2.05, 4.69) is 112 Å². The summed E-state index contributed by atoms with van der Waals surface area (Å²) < 4.78 is 6.14. The monoisotopic (exact) mass is 851 g/mol. The van der Waals surface area contributed by atoms with Gasteiger partial charge in [0.2, 0.25) is 5.71 Å². The maximum absolute atomic E-state index is 6.14. The quantitative estimate of drug-likeness (QED) is 0.165. The Balaban J connectivity index is 0.000000174. The minimum absolute atomic E-state index is 0. The molecule has 0 N–H and O–H groups in total. The number of hydrogen-bond donors (Lipinski definition) is 0. The van der Waals surface area contributed by atoms with Gasteiger partial charge in [0, 0.05) is 54.7 Å². The van der Waals surface area contributed by atoms with Crippen molar-refractivity contribution in [3.05, 3.63) is 168 Å². The number of aromatic nitrogens is 4. The van der Waals surface area contributed by atoms with E-state index in [-0.39, 0.29) is 20.1 Å². The molecule has 6 heteroatoms. The fraction of sp³-hybridized carbons (Fsp3) is 0.0870. The average Bonchev–Trinajstić information content (AvgIpc) is 3.53. The van der Waals surface area contributed by atoms with Crippen LogP contribution in [-0.4, -0.2) is 19.9 Å². The van der Waals surface area contributed by atoms with Crippen molar-refractivity contribution < 1.29 is 24.5 Å². The first-order valence-electron chi connectivity index (χ1n) is 17.0. The van der Waals surface area contributed by atoms with Crippen LogP contribution in [0.4, 0.5) is 0 Å². The van der Waals surface area contributed by atoms with E-state index < -0.39 is 0 Å². The fourth-order valence-corrected chi connectivity index (χ4v) is 6.33. The van der Waals surface area contributed by atoms with Crippen LogP contribution >= 0.6 is 0 Å². The summed E-state index contributed by atoms with van der Waals surface area (Å²) >= 11 is 0. The van der Waals surface area contributed by atoms with Crippen LogP contribution in [0.1, 0.15) is 22.5 Å². The van der Waals surface area contributed by atoms with E-state index >= 15 is 0 Å². The zero-order chi connectivity index (χ0) is 34.9. The first-order chi connectivity index (χ1) is 24.9. The Hall–Kier alpha value is -5.81. The first kappa shape index (κ1) is 34.6. The second-order valence-electron chi connectivity index (χ2n) is 12.8. The second-order valence-corrected chi connectivity index (χ2v) is 12.8. The molecule has 1 radical (unpaired) electrons. The molecular weight excluding hydrogens is 817 g/mol. The van der Waals surface area contributed by atoms with Crippen LogP contribution in [0.3, 0.4) is 0 Å². The number of aryl methyl sites for hydroxylation is 4. The number of pyridine rings is 4. The summed E-state index contributed by atoms with van der Waals surface area (Å²) in [6.45, 7) is 8.13. The fourth-order valence-electron chi connectivity index (χ4n) is 6.33. The largest absolute Gasteiger partial charge is 0.486 e. The van der Waals surface area contributed by atoms with Gasteiger partial charge in [0.25, 0.3) is 0 Å². The summed E-state index contributed by atoms with van der Waals surface area (Å²) in [6, 6.07) is 48.0. The predicted molar refractivity (Wildman–Crippen MR) is 207 cm³/mol. The summed E-state index contributed by atoms with van der Waals surface area (Å²) in [4.78, 5) is 18.2. The summed E-state index contributed by atoms with van der Waals surface area (Å²) in [5.74, 6) is 0. The minimum atomic E-state index is 0. The molecule has 52 heavy (non-hydrogen) atoms. The van der Waals surface area contributed by atoms with Crippen LogP contribution in [0.5, 0.6) is 0 Å². The molecule has 0 spiro atoms. The molecule has 0 bridgehead atoms. The maximum Gasteiger partial charge on any atom is 0.216 e. The number of rotatable bonds is 4. The molecular formula is C46H34IrN4O-2. The third kappa shape index (κ3) is 7.04. The summed E-state index contributed by atoms with van der Waals surface area (Å²) in [5, 5.41) is 3.15. The van der Waals surface area contributed by atoms with E-state index in [1.54, 1.807) is 0 Å². The summed E-state index contributed by atoms with van der Waals surface area (Å²) in [5.41, 5.74) is 15.1. The van der Waals surface area contributed by atoms with Crippen molar-refractivity contribution >= 4 is 33.0 Å². The molecule has 5 nitrogen and oxygen atoms in total. The number of hydrogen-bond acceptors (Lipinski definition) is 5. The van der Waals surface area contributed by atoms with Crippen molar-refractivity contribution in [2.24, 2.45) is 0 Å². The van der Waals surface area contributed by atoms with Crippen molar-refractivity contribution in [2.75, 3.05) is 0 Å². The van der Waals surface area contributed by atoms with Gasteiger partial charge in [-0.25, -0.2) is 4.98 Å². The Morgan fingerprint density at radius 1 is 0.615 bits per heavy atom. The van der Waals surface area contributed by atoms with Gasteiger partial charge in [0.15, 0.2) is 0 Å². The third-order valence-corrected chi connectivity index (χ3v) is 9.05. The van der Waals surface area contributed by atoms with Crippen molar-refractivity contribution in [3.8, 4) is 44.8 Å². The van der Waals surface area contributed by atoms with Gasteiger partial charge in [-0.15, -0.1) is 47.5 Å². The summed E-state index contributed by atoms with van der Waals surface area (Å²) in [6.07, 6.45) is 3.73. The Labute approximate surface area is 316 Å². The van der Waals surface area contributed by atoms with Crippen LogP contribution in [0.25, 0.3) is 77.7 Å². The van der Waals surface area contributed by atoms with E-state index in [4.69, 9.17) is 4.42 Å². The SMILES string of the molecule is Cc1ccc(-c2[c-]cc(C)c(-c3ccccc3)c2)nc1.Cc1ccc2cc(-c3ccnc(-c4[c-]ccc5c4oc4nc(C)ccc45)c3)ccc2n1.[Ir]. The molecule has 0 saturated heterocycles. The van der Waals surface area contributed by atoms with Gasteiger partial charge in [-0.1, -0.05) is 84.1 Å². The van der Waals surface area contributed by atoms with Gasteiger partial charge in [-0.3, -0.25) is 4.98 Å². The Morgan fingerprint density at radius 3 is 2.25 bits per heavy atom. The smallest absolute Gasteiger partial charge is 0.216 e. The number of benzene rings is 4. The predicted octanol–water partition coefficient (Wildman–Crippen LogP) is 11.5. The summed E-state index contributed by atoms with van der Waals surface area (Å²) in [7, 11) is 0. The van der Waals surface area contributed by atoms with Crippen LogP contribution in [-0.2, 0) is 20.1 Å². The van der Waals surface area contributed by atoms with Gasteiger partial charge in [-0.2, -0.15) is 0 Å². The standard InChI is InChI=1S/C27H18N3O.C19H16N.Ir/c1-16-6-8-20-14-18(9-11-24(20)29-16)19-12-13-28-25(15-19)23-5-3-4-21-22-10-7-17(2)30-27(22)31-26(21)23;1-14-8-11-19(20-13-14)17-10-9-15(2)18(12-17)16-6-4-3-5-7-16;/h3-4,6-15H,1-2H3;3-9,11-13H,1-2H3;/q2*-1;.